The molecule has 2 aromatic heterocycles. The largest absolute Gasteiger partial charge is 0.478 e. The number of nitrogens with zero attached hydrogens (tertiary/aromatic N) is 3. The fourth-order valence-electron chi connectivity index (χ4n) is 2.75. The lowest BCUT2D eigenvalue weighted by Crippen LogP contribution is -2.14. The van der Waals surface area contributed by atoms with Gasteiger partial charge >= 0.3 is 11.9 Å². The Bertz CT molecular complexity index is 1360. The lowest BCUT2D eigenvalue weighted by Gasteiger charge is -2.11. The van der Waals surface area contributed by atoms with Gasteiger partial charge in [-0.3, -0.25) is 0 Å². The molecule has 176 valence electrons. The number of hydrogen-bond donors (Lipinski definition) is 3. The number of nitriles is 1. The molecule has 34 heavy (non-hydrogen) atoms. The number of pyridine rings is 1. The summed E-state index contributed by atoms with van der Waals surface area (Å²) in [6, 6.07) is 12.2. The first kappa shape index (κ1) is 25.9. The van der Waals surface area contributed by atoms with Crippen molar-refractivity contribution in [1.82, 2.24) is 14.3 Å². The Morgan fingerprint density at radius 2 is 1.85 bits per heavy atom. The van der Waals surface area contributed by atoms with Crippen molar-refractivity contribution < 1.29 is 32.6 Å². The van der Waals surface area contributed by atoms with E-state index in [1.54, 1.807) is 13.1 Å². The number of carboxylic acids is 2. The zero-order valence-electron chi connectivity index (χ0n) is 17.7. The van der Waals surface area contributed by atoms with Crippen LogP contribution in [0.5, 0.6) is 0 Å². The Labute approximate surface area is 194 Å². The Balaban J connectivity index is 0.000000440. The van der Waals surface area contributed by atoms with E-state index < -0.39 is 27.9 Å². The van der Waals surface area contributed by atoms with Crippen LogP contribution in [0.25, 0.3) is 11.3 Å². The Hall–Kier alpha value is -4.34. The first-order valence-corrected chi connectivity index (χ1v) is 10.9. The van der Waals surface area contributed by atoms with E-state index in [0.717, 1.165) is 3.97 Å². The van der Waals surface area contributed by atoms with Gasteiger partial charge < -0.3 is 15.5 Å². The van der Waals surface area contributed by atoms with Crippen molar-refractivity contribution in [2.75, 3.05) is 7.05 Å². The molecule has 12 heteroatoms. The van der Waals surface area contributed by atoms with Crippen LogP contribution in [-0.4, -0.2) is 46.6 Å². The highest BCUT2D eigenvalue weighted by Gasteiger charge is 2.23. The van der Waals surface area contributed by atoms with E-state index in [4.69, 9.17) is 15.5 Å². The number of hydrogen-bond acceptors (Lipinski definition) is 7. The van der Waals surface area contributed by atoms with Gasteiger partial charge in [-0.15, -0.1) is 0 Å². The van der Waals surface area contributed by atoms with E-state index in [1.165, 1.54) is 48.8 Å². The Kier molecular flexibility index (Phi) is 8.77. The number of carbonyl (C=O) groups is 2. The number of benzene rings is 1. The number of aromatic nitrogens is 2. The third-order valence-corrected chi connectivity index (χ3v) is 5.82. The van der Waals surface area contributed by atoms with Crippen molar-refractivity contribution in [3.63, 3.8) is 0 Å². The number of aliphatic carboxylic acids is 2. The zero-order chi connectivity index (χ0) is 25.3. The molecule has 0 aliphatic heterocycles. The highest BCUT2D eigenvalue weighted by molar-refractivity contribution is 7.90. The summed E-state index contributed by atoms with van der Waals surface area (Å²) in [5.41, 5.74) is 1.15. The quantitative estimate of drug-likeness (QED) is 0.336. The molecule has 0 saturated carbocycles. The molecule has 0 fully saturated rings. The Morgan fingerprint density at radius 3 is 2.41 bits per heavy atom. The minimum atomic E-state index is -4.02. The van der Waals surface area contributed by atoms with Gasteiger partial charge in [-0.05, 0) is 49.0 Å². The second-order valence-electron chi connectivity index (χ2n) is 6.56. The van der Waals surface area contributed by atoms with Crippen LogP contribution in [0.2, 0.25) is 0 Å². The molecule has 0 amide bonds. The number of carboxylic acid groups (broad SMARTS) is 2. The fraction of sp³-hybridized carbons (Fsp3) is 0.0909. The van der Waals surface area contributed by atoms with Crippen molar-refractivity contribution in [2.24, 2.45) is 0 Å². The number of nitrogens with one attached hydrogen (secondary N) is 1. The van der Waals surface area contributed by atoms with E-state index in [-0.39, 0.29) is 21.7 Å². The molecule has 3 aromatic rings. The molecule has 10 nitrogen and oxygen atoms in total. The molecule has 0 spiro atoms. The summed E-state index contributed by atoms with van der Waals surface area (Å²) in [6.45, 7) is 0.412. The second kappa shape index (κ2) is 11.5. The van der Waals surface area contributed by atoms with Crippen LogP contribution in [0.15, 0.2) is 71.9 Å². The molecule has 1 aromatic carbocycles. The fourth-order valence-corrected chi connectivity index (χ4v) is 4.19. The lowest BCUT2D eigenvalue weighted by atomic mass is 10.2. The molecule has 3 rings (SSSR count). The first-order chi connectivity index (χ1) is 16.1. The van der Waals surface area contributed by atoms with E-state index in [0.29, 0.717) is 24.3 Å². The van der Waals surface area contributed by atoms with Crippen molar-refractivity contribution in [2.45, 2.75) is 11.4 Å². The SMILES string of the molecule is CNCc1cc(-c2cccnc2F)n(S(=O)(=O)c2cccc(C#N)c2)c1.O=C(O)/C=C/C(=O)O. The first-order valence-electron chi connectivity index (χ1n) is 9.46. The highest BCUT2D eigenvalue weighted by atomic mass is 32.2. The summed E-state index contributed by atoms with van der Waals surface area (Å²) in [5, 5.41) is 27.6. The maximum absolute atomic E-state index is 14.2. The topological polar surface area (TPSA) is 162 Å². The molecule has 0 aliphatic carbocycles. The third kappa shape index (κ3) is 6.58. The van der Waals surface area contributed by atoms with Gasteiger partial charge in [-0.1, -0.05) is 6.07 Å². The lowest BCUT2D eigenvalue weighted by molar-refractivity contribution is -0.134. The second-order valence-corrected chi connectivity index (χ2v) is 8.37. The van der Waals surface area contributed by atoms with Crippen LogP contribution < -0.4 is 5.32 Å². The third-order valence-electron chi connectivity index (χ3n) is 4.15. The van der Waals surface area contributed by atoms with Gasteiger partial charge in [0.25, 0.3) is 10.0 Å². The van der Waals surface area contributed by atoms with Crippen molar-refractivity contribution in [3.8, 4) is 17.3 Å². The standard InChI is InChI=1S/C18H15FN4O2S.C4H4O4/c1-21-11-14-9-17(16-6-3-7-22-18(16)19)23(12-14)26(24,25)15-5-2-4-13(8-15)10-20;5-3(6)1-2-4(7)8/h2-9,12,21H,11H2,1H3;1-2H,(H,5,6)(H,7,8)/b;2-1+. The van der Waals surface area contributed by atoms with Gasteiger partial charge in [-0.25, -0.2) is 27.0 Å². The van der Waals surface area contributed by atoms with Crippen LogP contribution in [-0.2, 0) is 26.2 Å². The maximum Gasteiger partial charge on any atom is 0.328 e. The van der Waals surface area contributed by atoms with Gasteiger partial charge in [0, 0.05) is 31.1 Å². The average Bonchev–Trinajstić information content (AvgIpc) is 3.23. The summed E-state index contributed by atoms with van der Waals surface area (Å²) in [7, 11) is -2.29. The molecule has 0 unspecified atom stereocenters. The summed E-state index contributed by atoms with van der Waals surface area (Å²) >= 11 is 0. The molecule has 0 bridgehead atoms. The molecular weight excluding hydrogens is 467 g/mol. The van der Waals surface area contributed by atoms with Crippen LogP contribution in [0.3, 0.4) is 0 Å². The average molecular weight is 486 g/mol. The highest BCUT2D eigenvalue weighted by Crippen LogP contribution is 2.28. The van der Waals surface area contributed by atoms with Crippen molar-refractivity contribution in [1.29, 1.82) is 5.26 Å². The van der Waals surface area contributed by atoms with E-state index in [2.05, 4.69) is 10.3 Å². The summed E-state index contributed by atoms with van der Waals surface area (Å²) in [4.78, 5) is 22.7. The van der Waals surface area contributed by atoms with E-state index in [1.807, 2.05) is 6.07 Å². The van der Waals surface area contributed by atoms with Gasteiger partial charge in [0.1, 0.15) is 0 Å². The number of rotatable bonds is 7. The predicted molar refractivity (Wildman–Crippen MR) is 119 cm³/mol. The minimum Gasteiger partial charge on any atom is -0.478 e. The van der Waals surface area contributed by atoms with E-state index in [9.17, 15) is 22.4 Å². The van der Waals surface area contributed by atoms with Crippen LogP contribution >= 0.6 is 0 Å². The smallest absolute Gasteiger partial charge is 0.328 e. The molecule has 3 N–H and O–H groups in total. The van der Waals surface area contributed by atoms with Crippen LogP contribution in [0, 0.1) is 17.3 Å². The molecule has 0 radical (unpaired) electrons. The van der Waals surface area contributed by atoms with Gasteiger partial charge in [0.05, 0.1) is 27.8 Å². The maximum atomic E-state index is 14.2. The molecule has 2 heterocycles. The Morgan fingerprint density at radius 1 is 1.18 bits per heavy atom. The molecule has 0 aliphatic rings. The van der Waals surface area contributed by atoms with Crippen LogP contribution in [0.4, 0.5) is 4.39 Å². The molecule has 0 saturated heterocycles. The summed E-state index contributed by atoms with van der Waals surface area (Å²) < 4.78 is 41.4. The van der Waals surface area contributed by atoms with Gasteiger partial charge in [0.2, 0.25) is 5.95 Å². The minimum absolute atomic E-state index is 0.0475. The van der Waals surface area contributed by atoms with Crippen molar-refractivity contribution in [3.05, 3.63) is 84.1 Å². The monoisotopic (exact) mass is 486 g/mol. The van der Waals surface area contributed by atoms with Gasteiger partial charge in [-0.2, -0.15) is 9.65 Å². The molecule has 0 atom stereocenters. The van der Waals surface area contributed by atoms with Crippen molar-refractivity contribution >= 4 is 22.0 Å². The summed E-state index contributed by atoms with van der Waals surface area (Å²) in [6.07, 6.45) is 3.85. The zero-order valence-corrected chi connectivity index (χ0v) is 18.5. The molecular formula is C22H19FN4O6S. The van der Waals surface area contributed by atoms with Crippen LogP contribution in [0.1, 0.15) is 11.1 Å². The summed E-state index contributed by atoms with van der Waals surface area (Å²) in [5.74, 6) is -3.27. The van der Waals surface area contributed by atoms with Gasteiger partial charge in [0.15, 0.2) is 0 Å². The predicted octanol–water partition coefficient (Wildman–Crippen LogP) is 2.23. The van der Waals surface area contributed by atoms with E-state index >= 15 is 0 Å². The number of halogens is 1. The normalized spacial score (nSPS) is 10.9.